The Morgan fingerprint density at radius 3 is 2.54 bits per heavy atom. The van der Waals surface area contributed by atoms with E-state index < -0.39 is 58.0 Å². The van der Waals surface area contributed by atoms with Crippen LogP contribution >= 0.6 is 0 Å². The van der Waals surface area contributed by atoms with Gasteiger partial charge in [0.15, 0.2) is 11.4 Å². The number of phenolic OH excluding ortho intramolecular Hbond substituents is 1. The molecule has 0 radical (unpaired) electrons. The second-order valence-electron chi connectivity index (χ2n) is 9.76. The maximum Gasteiger partial charge on any atom is 0.255 e. The lowest BCUT2D eigenvalue weighted by atomic mass is 9.57. The average molecular weight is 506 g/mol. The van der Waals surface area contributed by atoms with Crippen LogP contribution in [0.1, 0.15) is 42.4 Å². The van der Waals surface area contributed by atoms with E-state index in [1.54, 1.807) is 20.2 Å². The molecule has 3 aliphatic rings. The third kappa shape index (κ3) is 3.86. The van der Waals surface area contributed by atoms with Crippen LogP contribution in [0.25, 0.3) is 5.76 Å². The number of hydrogen-bond donors (Lipinski definition) is 5. The van der Waals surface area contributed by atoms with Crippen molar-refractivity contribution in [3.63, 3.8) is 0 Å². The van der Waals surface area contributed by atoms with Crippen molar-refractivity contribution in [2.24, 2.45) is 17.6 Å². The average Bonchev–Trinajstić information content (AvgIpc) is 2.82. The minimum atomic E-state index is -2.67. The lowest BCUT2D eigenvalue weighted by Gasteiger charge is -2.50. The molecule has 0 unspecified atom stereocenters. The van der Waals surface area contributed by atoms with Gasteiger partial charge in [0, 0.05) is 29.9 Å². The molecule has 10 nitrogen and oxygen atoms in total. The number of carbonyl (C=O) groups is 3. The minimum Gasteiger partial charge on any atom is -0.508 e. The Hall–Kier alpha value is -4.12. The number of fused-ring (bicyclic) bond motifs is 3. The molecule has 3 aliphatic carbocycles. The Morgan fingerprint density at radius 2 is 1.92 bits per heavy atom. The molecule has 4 rings (SSSR count). The number of primary amides is 1. The Bertz CT molecular complexity index is 1390. The molecular formula is C27H27N3O7. The van der Waals surface area contributed by atoms with E-state index in [1.807, 2.05) is 0 Å². The Labute approximate surface area is 213 Å². The molecule has 0 heterocycles. The maximum atomic E-state index is 13.8. The first-order valence-electron chi connectivity index (χ1n) is 11.8. The highest BCUT2D eigenvalue weighted by molar-refractivity contribution is 6.24. The largest absolute Gasteiger partial charge is 0.508 e. The number of amides is 1. The summed E-state index contributed by atoms with van der Waals surface area (Å²) in [6.07, 6.45) is 1.63. The van der Waals surface area contributed by atoms with Crippen LogP contribution in [0.5, 0.6) is 5.75 Å². The summed E-state index contributed by atoms with van der Waals surface area (Å²) in [4.78, 5) is 40.4. The van der Waals surface area contributed by atoms with E-state index in [1.165, 1.54) is 11.0 Å². The Balaban J connectivity index is 1.88. The first-order valence-corrected chi connectivity index (χ1v) is 11.8. The van der Waals surface area contributed by atoms with E-state index in [4.69, 9.17) is 11.0 Å². The van der Waals surface area contributed by atoms with E-state index in [2.05, 4.69) is 17.9 Å². The van der Waals surface area contributed by atoms with Gasteiger partial charge in [-0.15, -0.1) is 0 Å². The SMILES string of the molecule is CN(C)[C@H]1C(=O)C(C(N)=O)=C(O)[C@@]2(O)C(=O)C3=C(O)c4c(O)ccc(C#CCCCC#N)c4C[C@@H]3C[C@@H]12. The first-order chi connectivity index (χ1) is 17.5. The number of aliphatic hydroxyl groups is 3. The Kier molecular flexibility index (Phi) is 6.59. The van der Waals surface area contributed by atoms with Gasteiger partial charge in [-0.25, -0.2) is 0 Å². The predicted molar refractivity (Wildman–Crippen MR) is 131 cm³/mol. The number of likely N-dealkylation sites (N-methyl/N-ethyl adjacent to an activating group) is 1. The summed E-state index contributed by atoms with van der Waals surface area (Å²) < 4.78 is 0. The molecule has 192 valence electrons. The van der Waals surface area contributed by atoms with Gasteiger partial charge in [-0.05, 0) is 57.0 Å². The fourth-order valence-electron chi connectivity index (χ4n) is 5.77. The predicted octanol–water partition coefficient (Wildman–Crippen LogP) is 1.01. The highest BCUT2D eigenvalue weighted by Crippen LogP contribution is 2.52. The number of nitriles is 1. The summed E-state index contributed by atoms with van der Waals surface area (Å²) in [7, 11) is 3.09. The normalized spacial score (nSPS) is 26.6. The zero-order valence-electron chi connectivity index (χ0n) is 20.4. The number of carbonyl (C=O) groups excluding carboxylic acids is 3. The van der Waals surface area contributed by atoms with Crippen LogP contribution in [-0.4, -0.2) is 68.5 Å². The summed E-state index contributed by atoms with van der Waals surface area (Å²) in [6, 6.07) is 3.85. The molecule has 0 spiro atoms. The van der Waals surface area contributed by atoms with E-state index in [0.717, 1.165) is 0 Å². The fourth-order valence-corrected chi connectivity index (χ4v) is 5.77. The fraction of sp³-hybridized carbons (Fsp3) is 0.407. The molecule has 0 aliphatic heterocycles. The summed E-state index contributed by atoms with van der Waals surface area (Å²) in [6.45, 7) is 0. The minimum absolute atomic E-state index is 0.000106. The molecule has 0 aromatic heterocycles. The van der Waals surface area contributed by atoms with Gasteiger partial charge >= 0.3 is 0 Å². The molecule has 1 aromatic carbocycles. The number of nitrogens with zero attached hydrogens (tertiary/aromatic N) is 2. The number of nitrogens with two attached hydrogens (primary N) is 1. The third-order valence-corrected chi connectivity index (χ3v) is 7.42. The number of aromatic hydroxyl groups is 1. The van der Waals surface area contributed by atoms with Gasteiger partial charge in [-0.1, -0.05) is 11.8 Å². The molecule has 10 heteroatoms. The number of aliphatic hydroxyl groups excluding tert-OH is 2. The van der Waals surface area contributed by atoms with Crippen molar-refractivity contribution in [3.05, 3.63) is 45.7 Å². The molecular weight excluding hydrogens is 478 g/mol. The van der Waals surface area contributed by atoms with E-state index in [0.29, 0.717) is 30.4 Å². The van der Waals surface area contributed by atoms with Gasteiger partial charge in [-0.3, -0.25) is 19.3 Å². The monoisotopic (exact) mass is 505 g/mol. The third-order valence-electron chi connectivity index (χ3n) is 7.42. The second kappa shape index (κ2) is 9.40. The van der Waals surface area contributed by atoms with Crippen LogP contribution < -0.4 is 5.73 Å². The van der Waals surface area contributed by atoms with Crippen molar-refractivity contribution in [2.75, 3.05) is 14.1 Å². The summed E-state index contributed by atoms with van der Waals surface area (Å²) in [5.74, 6) is -0.909. The summed E-state index contributed by atoms with van der Waals surface area (Å²) >= 11 is 0. The number of hydrogen-bond acceptors (Lipinski definition) is 9. The van der Waals surface area contributed by atoms with Gasteiger partial charge in [0.1, 0.15) is 22.8 Å². The molecule has 1 aromatic rings. The van der Waals surface area contributed by atoms with Gasteiger partial charge in [-0.2, -0.15) is 5.26 Å². The van der Waals surface area contributed by atoms with Crippen LogP contribution in [0, 0.1) is 35.0 Å². The first kappa shape index (κ1) is 26.0. The van der Waals surface area contributed by atoms with Crippen molar-refractivity contribution in [1.29, 1.82) is 5.26 Å². The van der Waals surface area contributed by atoms with E-state index in [9.17, 15) is 34.8 Å². The van der Waals surface area contributed by atoms with Gasteiger partial charge in [0.25, 0.3) is 5.91 Å². The smallest absolute Gasteiger partial charge is 0.255 e. The molecule has 37 heavy (non-hydrogen) atoms. The van der Waals surface area contributed by atoms with Crippen LogP contribution in [0.4, 0.5) is 0 Å². The van der Waals surface area contributed by atoms with Gasteiger partial charge in [0.2, 0.25) is 5.78 Å². The van der Waals surface area contributed by atoms with Crippen molar-refractivity contribution >= 4 is 23.2 Å². The lowest BCUT2D eigenvalue weighted by Crippen LogP contribution is -2.65. The Morgan fingerprint density at radius 1 is 1.22 bits per heavy atom. The summed E-state index contributed by atoms with van der Waals surface area (Å²) in [5.41, 5.74) is 2.64. The molecule has 1 fully saturated rings. The number of benzene rings is 1. The van der Waals surface area contributed by atoms with Crippen LogP contribution in [0.2, 0.25) is 0 Å². The van der Waals surface area contributed by atoms with Crippen LogP contribution in [0.15, 0.2) is 29.0 Å². The van der Waals surface area contributed by atoms with Crippen molar-refractivity contribution in [3.8, 4) is 23.7 Å². The number of Topliss-reactive ketones (excluding diaryl/α,β-unsaturated/α-hetero) is 2. The number of unbranched alkanes of at least 4 members (excludes halogenated alkanes) is 2. The van der Waals surface area contributed by atoms with Gasteiger partial charge < -0.3 is 26.2 Å². The molecule has 1 saturated carbocycles. The quantitative estimate of drug-likeness (QED) is 0.226. The molecule has 4 atom stereocenters. The van der Waals surface area contributed by atoms with Crippen LogP contribution in [0.3, 0.4) is 0 Å². The van der Waals surface area contributed by atoms with Gasteiger partial charge in [0.05, 0.1) is 17.7 Å². The van der Waals surface area contributed by atoms with E-state index in [-0.39, 0.29) is 29.7 Å². The topological polar surface area (TPSA) is 185 Å². The highest BCUT2D eigenvalue weighted by Gasteiger charge is 2.64. The van der Waals surface area contributed by atoms with Crippen molar-refractivity contribution in [2.45, 2.75) is 43.7 Å². The summed E-state index contributed by atoms with van der Waals surface area (Å²) in [5, 5.41) is 52.9. The molecule has 1 amide bonds. The highest BCUT2D eigenvalue weighted by atomic mass is 16.3. The number of rotatable bonds is 4. The van der Waals surface area contributed by atoms with E-state index >= 15 is 0 Å². The molecule has 6 N–H and O–H groups in total. The molecule has 0 saturated heterocycles. The zero-order chi connectivity index (χ0) is 27.2. The number of ketones is 2. The van der Waals surface area contributed by atoms with Crippen LogP contribution in [-0.2, 0) is 20.8 Å². The van der Waals surface area contributed by atoms with Crippen molar-refractivity contribution in [1.82, 2.24) is 4.90 Å². The number of phenols is 1. The maximum absolute atomic E-state index is 13.8. The zero-order valence-corrected chi connectivity index (χ0v) is 20.4. The molecule has 0 bridgehead atoms. The standard InChI is InChI=1S/C27H27N3O7/c1-30(2)21-16-12-14-11-15-13(7-5-3-4-6-10-28)8-9-17(31)19(15)22(32)18(14)24(34)27(16,37)25(35)20(23(21)33)26(29)36/h8-9,14,16,21,31-32,35,37H,3-4,6,11-12H2,1-2H3,(H2,29,36)/t14-,16+,21-,27+/m1/s1. The second-order valence-corrected chi connectivity index (χ2v) is 9.76. The van der Waals surface area contributed by atoms with Crippen molar-refractivity contribution < 1.29 is 34.8 Å². The lowest BCUT2D eigenvalue weighted by molar-refractivity contribution is -0.153.